The summed E-state index contributed by atoms with van der Waals surface area (Å²) in [5, 5.41) is 9.92. The van der Waals surface area contributed by atoms with Crippen molar-refractivity contribution in [3.8, 4) is 0 Å². The van der Waals surface area contributed by atoms with Crippen LogP contribution in [0.15, 0.2) is 24.3 Å². The molecule has 1 N–H and O–H groups in total. The molecule has 0 aliphatic heterocycles. The predicted molar refractivity (Wildman–Crippen MR) is 63.5 cm³/mol. The molecule has 0 radical (unpaired) electrons. The van der Waals surface area contributed by atoms with E-state index < -0.39 is 25.4 Å². The van der Waals surface area contributed by atoms with Gasteiger partial charge >= 0.3 is 0 Å². The van der Waals surface area contributed by atoms with Crippen LogP contribution >= 0.6 is 15.9 Å². The van der Waals surface area contributed by atoms with Gasteiger partial charge in [-0.2, -0.15) is 0 Å². The van der Waals surface area contributed by atoms with Gasteiger partial charge in [-0.15, -0.1) is 0 Å². The number of aliphatic hydroxyl groups excluding tert-OH is 1. The first-order valence-electron chi connectivity index (χ1n) is 4.48. The second-order valence-corrected chi connectivity index (χ2v) is 8.28. The summed E-state index contributed by atoms with van der Waals surface area (Å²) >= 11 is 2.97. The number of rotatable bonds is 3. The fraction of sp³-hybridized carbons (Fsp3) is 0.400. The number of benzene rings is 1. The lowest BCUT2D eigenvalue weighted by Crippen LogP contribution is -2.34. The summed E-state index contributed by atoms with van der Waals surface area (Å²) in [6.07, 6.45) is -0.331. The summed E-state index contributed by atoms with van der Waals surface area (Å²) in [7, 11) is -3.52. The summed E-state index contributed by atoms with van der Waals surface area (Å²) in [4.78, 5) is 0. The number of aliphatic hydroxyl groups is 1. The van der Waals surface area contributed by atoms with Crippen LogP contribution in [0.1, 0.15) is 18.6 Å². The summed E-state index contributed by atoms with van der Waals surface area (Å²) in [5.74, 6) is -0.520. The van der Waals surface area contributed by atoms with E-state index in [9.17, 15) is 17.9 Å². The Bertz CT molecular complexity index is 485. The number of alkyl halides is 1. The maximum atomic E-state index is 12.9. The molecule has 3 nitrogen and oxygen atoms in total. The first-order chi connectivity index (χ1) is 7.16. The van der Waals surface area contributed by atoms with Crippen LogP contribution in [0, 0.1) is 5.82 Å². The highest BCUT2D eigenvalue weighted by Crippen LogP contribution is 2.37. The highest BCUT2D eigenvalue weighted by atomic mass is 79.9. The molecule has 0 aliphatic rings. The average Bonchev–Trinajstić information content (AvgIpc) is 2.14. The Kier molecular flexibility index (Phi) is 3.76. The molecule has 1 rings (SSSR count). The van der Waals surface area contributed by atoms with Crippen LogP contribution in [0.2, 0.25) is 0 Å². The first kappa shape index (κ1) is 13.6. The number of sulfone groups is 1. The van der Waals surface area contributed by atoms with Gasteiger partial charge in [0, 0.05) is 6.26 Å². The fourth-order valence-corrected chi connectivity index (χ4v) is 1.98. The Morgan fingerprint density at radius 3 is 2.50 bits per heavy atom. The van der Waals surface area contributed by atoms with E-state index >= 15 is 0 Å². The van der Waals surface area contributed by atoms with Crippen LogP contribution in [0.3, 0.4) is 0 Å². The zero-order chi connectivity index (χ0) is 12.6. The summed E-state index contributed by atoms with van der Waals surface area (Å²) in [6, 6.07) is 5.22. The average molecular weight is 311 g/mol. The molecule has 0 heterocycles. The third-order valence-electron chi connectivity index (χ3n) is 2.38. The number of halogens is 2. The Balaban J connectivity index is 3.17. The van der Waals surface area contributed by atoms with E-state index in [2.05, 4.69) is 15.9 Å². The lowest BCUT2D eigenvalue weighted by molar-refractivity contribution is 0.167. The Morgan fingerprint density at radius 1 is 1.50 bits per heavy atom. The zero-order valence-electron chi connectivity index (χ0n) is 8.81. The molecular formula is C10H12BrFO3S. The van der Waals surface area contributed by atoms with Gasteiger partial charge in [-0.25, -0.2) is 12.8 Å². The highest BCUT2D eigenvalue weighted by Gasteiger charge is 2.41. The van der Waals surface area contributed by atoms with Crippen LogP contribution in [-0.4, -0.2) is 23.4 Å². The molecule has 1 aromatic carbocycles. The van der Waals surface area contributed by atoms with Crippen LogP contribution in [-0.2, 0) is 9.84 Å². The highest BCUT2D eigenvalue weighted by molar-refractivity contribution is 9.11. The first-order valence-corrected chi connectivity index (χ1v) is 7.16. The standard InChI is InChI=1S/C10H12BrFO3S/c1-10(11,16(2,14)15)9(13)7-4-3-5-8(12)6-7/h3-6,9,13H,1-2H3/t9-,10+/m1/s1. The number of hydrogen-bond donors (Lipinski definition) is 1. The van der Waals surface area contributed by atoms with Gasteiger partial charge in [0.1, 0.15) is 11.9 Å². The maximum Gasteiger partial charge on any atom is 0.165 e. The minimum Gasteiger partial charge on any atom is -0.386 e. The minimum atomic E-state index is -3.52. The van der Waals surface area contributed by atoms with Crippen LogP contribution < -0.4 is 0 Å². The van der Waals surface area contributed by atoms with Crippen molar-refractivity contribution in [2.45, 2.75) is 16.7 Å². The van der Waals surface area contributed by atoms with Crippen molar-refractivity contribution in [3.63, 3.8) is 0 Å². The monoisotopic (exact) mass is 310 g/mol. The lowest BCUT2D eigenvalue weighted by atomic mass is 10.1. The smallest absolute Gasteiger partial charge is 0.165 e. The lowest BCUT2D eigenvalue weighted by Gasteiger charge is -2.26. The van der Waals surface area contributed by atoms with Crippen molar-refractivity contribution in [1.29, 1.82) is 0 Å². The van der Waals surface area contributed by atoms with Gasteiger partial charge in [-0.3, -0.25) is 0 Å². The predicted octanol–water partition coefficient (Wildman–Crippen LogP) is 2.01. The normalized spacial score (nSPS) is 17.8. The molecule has 6 heteroatoms. The Labute approximate surface area is 102 Å². The summed E-state index contributed by atoms with van der Waals surface area (Å²) in [5.41, 5.74) is 0.213. The van der Waals surface area contributed by atoms with E-state index in [-0.39, 0.29) is 5.56 Å². The summed E-state index contributed by atoms with van der Waals surface area (Å²) < 4.78 is 34.3. The maximum absolute atomic E-state index is 12.9. The van der Waals surface area contributed by atoms with Crippen molar-refractivity contribution < 1.29 is 17.9 Å². The zero-order valence-corrected chi connectivity index (χ0v) is 11.2. The van der Waals surface area contributed by atoms with Gasteiger partial charge in [-0.1, -0.05) is 28.1 Å². The molecule has 90 valence electrons. The topological polar surface area (TPSA) is 54.4 Å². The molecule has 0 saturated heterocycles. The van der Waals surface area contributed by atoms with Crippen LogP contribution in [0.4, 0.5) is 4.39 Å². The Morgan fingerprint density at radius 2 is 2.06 bits per heavy atom. The fourth-order valence-electron chi connectivity index (χ4n) is 1.18. The van der Waals surface area contributed by atoms with E-state index in [1.807, 2.05) is 0 Å². The third-order valence-corrected chi connectivity index (χ3v) is 6.25. The van der Waals surface area contributed by atoms with Crippen molar-refractivity contribution >= 4 is 25.8 Å². The molecule has 0 aliphatic carbocycles. The molecule has 0 amide bonds. The van der Waals surface area contributed by atoms with E-state index in [0.717, 1.165) is 12.3 Å². The molecule has 2 atom stereocenters. The van der Waals surface area contributed by atoms with Gasteiger partial charge in [0.05, 0.1) is 0 Å². The van der Waals surface area contributed by atoms with E-state index in [0.29, 0.717) is 0 Å². The van der Waals surface area contributed by atoms with Gasteiger partial charge in [0.25, 0.3) is 0 Å². The molecule has 1 aromatic rings. The van der Waals surface area contributed by atoms with Gasteiger partial charge in [0.2, 0.25) is 0 Å². The molecule has 0 fully saturated rings. The molecule has 0 bridgehead atoms. The molecule has 0 unspecified atom stereocenters. The molecule has 0 aromatic heterocycles. The van der Waals surface area contributed by atoms with Crippen molar-refractivity contribution in [2.75, 3.05) is 6.26 Å². The Hall–Kier alpha value is -0.460. The van der Waals surface area contributed by atoms with Gasteiger partial charge in [-0.05, 0) is 24.6 Å². The van der Waals surface area contributed by atoms with E-state index in [1.165, 1.54) is 25.1 Å². The molecular weight excluding hydrogens is 299 g/mol. The molecule has 0 spiro atoms. The van der Waals surface area contributed by atoms with E-state index in [1.54, 1.807) is 0 Å². The minimum absolute atomic E-state index is 0.213. The number of hydrogen-bond acceptors (Lipinski definition) is 3. The van der Waals surface area contributed by atoms with Crippen molar-refractivity contribution in [2.24, 2.45) is 0 Å². The second kappa shape index (κ2) is 4.43. The van der Waals surface area contributed by atoms with E-state index in [4.69, 9.17) is 0 Å². The quantitative estimate of drug-likeness (QED) is 0.869. The second-order valence-electron chi connectivity index (χ2n) is 3.72. The van der Waals surface area contributed by atoms with Crippen molar-refractivity contribution in [3.05, 3.63) is 35.6 Å². The SMILES string of the molecule is C[C@@](Br)([C@H](O)c1cccc(F)c1)S(C)(=O)=O. The van der Waals surface area contributed by atoms with Crippen LogP contribution in [0.25, 0.3) is 0 Å². The third kappa shape index (κ3) is 2.61. The van der Waals surface area contributed by atoms with Crippen LogP contribution in [0.5, 0.6) is 0 Å². The largest absolute Gasteiger partial charge is 0.386 e. The van der Waals surface area contributed by atoms with Gasteiger partial charge in [0.15, 0.2) is 13.5 Å². The molecule has 0 saturated carbocycles. The molecule has 16 heavy (non-hydrogen) atoms. The van der Waals surface area contributed by atoms with Crippen molar-refractivity contribution in [1.82, 2.24) is 0 Å². The summed E-state index contributed by atoms with van der Waals surface area (Å²) in [6.45, 7) is 1.33. The van der Waals surface area contributed by atoms with Gasteiger partial charge < -0.3 is 5.11 Å².